The zero-order chi connectivity index (χ0) is 15.9. The summed E-state index contributed by atoms with van der Waals surface area (Å²) in [7, 11) is -1.80. The van der Waals surface area contributed by atoms with Gasteiger partial charge in [-0.2, -0.15) is 0 Å². The molecule has 7 nitrogen and oxygen atoms in total. The van der Waals surface area contributed by atoms with Gasteiger partial charge in [-0.25, -0.2) is 23.1 Å². The fourth-order valence-electron chi connectivity index (χ4n) is 1.82. The summed E-state index contributed by atoms with van der Waals surface area (Å²) in [6.07, 6.45) is 1.75. The van der Waals surface area contributed by atoms with Crippen LogP contribution >= 0.6 is 0 Å². The minimum atomic E-state index is -3.21. The van der Waals surface area contributed by atoms with Gasteiger partial charge in [-0.3, -0.25) is 0 Å². The van der Waals surface area contributed by atoms with Crippen LogP contribution < -0.4 is 15.4 Å². The molecule has 0 unspecified atom stereocenters. The number of hydrogen-bond acceptors (Lipinski definition) is 6. The monoisotopic (exact) mass is 315 g/mol. The molecule has 1 heterocycles. The number of nitrogens with one attached hydrogen (secondary N) is 3. The molecule has 0 aromatic carbocycles. The zero-order valence-electron chi connectivity index (χ0n) is 13.2. The predicted octanol–water partition coefficient (Wildman–Crippen LogP) is 1.13. The smallest absolute Gasteiger partial charge is 0.213 e. The number of sulfonamides is 1. The SMILES string of the molecule is CCCc1nc(NCC)c(C)c(NCCS(=O)(=O)NC)n1. The Kier molecular flexibility index (Phi) is 6.83. The number of aryl methyl sites for hydroxylation is 1. The van der Waals surface area contributed by atoms with E-state index in [2.05, 4.69) is 32.2 Å². The van der Waals surface area contributed by atoms with E-state index in [0.29, 0.717) is 12.4 Å². The van der Waals surface area contributed by atoms with Crippen LogP contribution in [0.2, 0.25) is 0 Å². The van der Waals surface area contributed by atoms with Crippen LogP contribution in [0.4, 0.5) is 11.6 Å². The molecule has 0 radical (unpaired) electrons. The highest BCUT2D eigenvalue weighted by atomic mass is 32.2. The summed E-state index contributed by atoms with van der Waals surface area (Å²) in [6.45, 7) is 7.08. The average molecular weight is 315 g/mol. The third-order valence-electron chi connectivity index (χ3n) is 2.98. The van der Waals surface area contributed by atoms with Gasteiger partial charge < -0.3 is 10.6 Å². The van der Waals surface area contributed by atoms with E-state index < -0.39 is 10.0 Å². The van der Waals surface area contributed by atoms with Crippen molar-refractivity contribution in [3.63, 3.8) is 0 Å². The standard InChI is InChI=1S/C13H25N5O2S/c1-5-7-11-17-12(15-6-2)10(3)13(18-11)16-8-9-21(19,20)14-4/h14H,5-9H2,1-4H3,(H2,15,16,17,18). The van der Waals surface area contributed by atoms with Gasteiger partial charge in [0.2, 0.25) is 10.0 Å². The topological polar surface area (TPSA) is 96.0 Å². The van der Waals surface area contributed by atoms with Gasteiger partial charge in [0.15, 0.2) is 0 Å². The fourth-order valence-corrected chi connectivity index (χ4v) is 2.39. The van der Waals surface area contributed by atoms with Crippen LogP contribution in [-0.2, 0) is 16.4 Å². The van der Waals surface area contributed by atoms with Crippen molar-refractivity contribution in [3.8, 4) is 0 Å². The molecule has 1 aromatic heterocycles. The molecule has 8 heteroatoms. The van der Waals surface area contributed by atoms with Gasteiger partial charge in [-0.15, -0.1) is 0 Å². The summed E-state index contributed by atoms with van der Waals surface area (Å²) in [5, 5.41) is 6.30. The highest BCUT2D eigenvalue weighted by molar-refractivity contribution is 7.89. The lowest BCUT2D eigenvalue weighted by Gasteiger charge is -2.14. The number of nitrogens with zero attached hydrogens (tertiary/aromatic N) is 2. The van der Waals surface area contributed by atoms with E-state index in [1.807, 2.05) is 13.8 Å². The molecule has 0 bridgehead atoms. The molecule has 3 N–H and O–H groups in total. The van der Waals surface area contributed by atoms with Crippen LogP contribution in [0.1, 0.15) is 31.7 Å². The van der Waals surface area contributed by atoms with E-state index in [1.165, 1.54) is 7.05 Å². The highest BCUT2D eigenvalue weighted by Gasteiger charge is 2.11. The van der Waals surface area contributed by atoms with Gasteiger partial charge >= 0.3 is 0 Å². The first-order valence-corrected chi connectivity index (χ1v) is 8.85. The molecule has 0 aliphatic rings. The Hall–Kier alpha value is -1.41. The van der Waals surface area contributed by atoms with Gasteiger partial charge in [-0.05, 0) is 27.3 Å². The third kappa shape index (κ3) is 5.47. The molecule has 0 saturated heterocycles. The normalized spacial score (nSPS) is 11.4. The number of rotatable bonds is 9. The molecule has 0 aliphatic heterocycles. The molecule has 1 aromatic rings. The van der Waals surface area contributed by atoms with Crippen LogP contribution in [0.5, 0.6) is 0 Å². The average Bonchev–Trinajstić information content (AvgIpc) is 2.44. The summed E-state index contributed by atoms with van der Waals surface area (Å²) in [5.41, 5.74) is 0.901. The van der Waals surface area contributed by atoms with Gasteiger partial charge in [0.1, 0.15) is 17.5 Å². The van der Waals surface area contributed by atoms with Crippen LogP contribution in [0, 0.1) is 6.92 Å². The Morgan fingerprint density at radius 3 is 2.24 bits per heavy atom. The summed E-state index contributed by atoms with van der Waals surface area (Å²) in [6, 6.07) is 0. The van der Waals surface area contributed by atoms with Crippen molar-refractivity contribution < 1.29 is 8.42 Å². The van der Waals surface area contributed by atoms with Crippen LogP contribution in [0.15, 0.2) is 0 Å². The zero-order valence-corrected chi connectivity index (χ0v) is 14.0. The minimum absolute atomic E-state index is 0.00654. The maximum absolute atomic E-state index is 11.4. The minimum Gasteiger partial charge on any atom is -0.370 e. The molecular weight excluding hydrogens is 290 g/mol. The van der Waals surface area contributed by atoms with Crippen molar-refractivity contribution in [3.05, 3.63) is 11.4 Å². The first kappa shape index (κ1) is 17.6. The molecule has 0 aliphatic carbocycles. The van der Waals surface area contributed by atoms with Crippen molar-refractivity contribution in [1.29, 1.82) is 0 Å². The largest absolute Gasteiger partial charge is 0.370 e. The Morgan fingerprint density at radius 2 is 1.71 bits per heavy atom. The second-order valence-electron chi connectivity index (χ2n) is 4.69. The predicted molar refractivity (Wildman–Crippen MR) is 86.3 cm³/mol. The van der Waals surface area contributed by atoms with E-state index in [9.17, 15) is 8.42 Å². The van der Waals surface area contributed by atoms with Gasteiger partial charge in [0, 0.05) is 25.1 Å². The molecule has 1 rings (SSSR count). The molecule has 0 saturated carbocycles. The third-order valence-corrected chi connectivity index (χ3v) is 4.35. The fraction of sp³-hybridized carbons (Fsp3) is 0.692. The van der Waals surface area contributed by atoms with Crippen LogP contribution in [0.3, 0.4) is 0 Å². The Balaban J connectivity index is 2.88. The Bertz CT molecular complexity index is 560. The maximum Gasteiger partial charge on any atom is 0.213 e. The van der Waals surface area contributed by atoms with Crippen molar-refractivity contribution in [2.45, 2.75) is 33.6 Å². The van der Waals surface area contributed by atoms with Gasteiger partial charge in [-0.1, -0.05) is 6.92 Å². The molecule has 21 heavy (non-hydrogen) atoms. The van der Waals surface area contributed by atoms with Crippen LogP contribution in [-0.4, -0.2) is 44.3 Å². The van der Waals surface area contributed by atoms with E-state index in [1.54, 1.807) is 0 Å². The molecule has 0 spiro atoms. The lowest BCUT2D eigenvalue weighted by molar-refractivity contribution is 0.588. The lowest BCUT2D eigenvalue weighted by atomic mass is 10.2. The molecule has 120 valence electrons. The van der Waals surface area contributed by atoms with E-state index in [0.717, 1.165) is 36.6 Å². The summed E-state index contributed by atoms with van der Waals surface area (Å²) in [4.78, 5) is 8.97. The number of hydrogen-bond donors (Lipinski definition) is 3. The van der Waals surface area contributed by atoms with Crippen molar-refractivity contribution in [1.82, 2.24) is 14.7 Å². The number of anilines is 2. The lowest BCUT2D eigenvalue weighted by Crippen LogP contribution is -2.26. The van der Waals surface area contributed by atoms with Crippen LogP contribution in [0.25, 0.3) is 0 Å². The van der Waals surface area contributed by atoms with Crippen molar-refractivity contribution in [2.24, 2.45) is 0 Å². The van der Waals surface area contributed by atoms with E-state index in [-0.39, 0.29) is 5.75 Å². The summed E-state index contributed by atoms with van der Waals surface area (Å²) in [5.74, 6) is 2.26. The molecule has 0 amide bonds. The molecular formula is C13H25N5O2S. The second-order valence-corrected chi connectivity index (χ2v) is 6.74. The van der Waals surface area contributed by atoms with Gasteiger partial charge in [0.05, 0.1) is 5.75 Å². The molecule has 0 fully saturated rings. The highest BCUT2D eigenvalue weighted by Crippen LogP contribution is 2.20. The first-order chi connectivity index (χ1) is 9.93. The van der Waals surface area contributed by atoms with Gasteiger partial charge in [0.25, 0.3) is 0 Å². The molecule has 0 atom stereocenters. The number of aromatic nitrogens is 2. The quantitative estimate of drug-likeness (QED) is 0.632. The van der Waals surface area contributed by atoms with E-state index in [4.69, 9.17) is 0 Å². The summed E-state index contributed by atoms with van der Waals surface area (Å²) < 4.78 is 25.1. The van der Waals surface area contributed by atoms with E-state index >= 15 is 0 Å². The maximum atomic E-state index is 11.4. The first-order valence-electron chi connectivity index (χ1n) is 7.20. The second kappa shape index (κ2) is 8.14. The Labute approximate surface area is 127 Å². The van der Waals surface area contributed by atoms with Crippen molar-refractivity contribution in [2.75, 3.05) is 36.5 Å². The van der Waals surface area contributed by atoms with Crippen molar-refractivity contribution >= 4 is 21.7 Å². The Morgan fingerprint density at radius 1 is 1.10 bits per heavy atom. The summed E-state index contributed by atoms with van der Waals surface area (Å²) >= 11 is 0.